The highest BCUT2D eigenvalue weighted by atomic mass is 35.5. The van der Waals surface area contributed by atoms with Gasteiger partial charge in [0.15, 0.2) is 0 Å². The van der Waals surface area contributed by atoms with E-state index in [0.29, 0.717) is 11.8 Å². The molecule has 2 heterocycles. The molecule has 0 bridgehead atoms. The number of carbonyl (C=O) groups is 1. The van der Waals surface area contributed by atoms with Gasteiger partial charge in [-0.05, 0) is 37.0 Å². The van der Waals surface area contributed by atoms with Crippen molar-refractivity contribution in [3.63, 3.8) is 0 Å². The van der Waals surface area contributed by atoms with Crippen LogP contribution in [0, 0.1) is 5.92 Å². The molecule has 0 spiro atoms. The number of hydrogen-bond donors (Lipinski definition) is 0. The summed E-state index contributed by atoms with van der Waals surface area (Å²) in [5, 5.41) is 0. The number of nitrogens with zero attached hydrogens (tertiary/aromatic N) is 3. The average molecular weight is 296 g/mol. The zero-order chi connectivity index (χ0) is 13.1. The fraction of sp³-hybridized carbons (Fsp3) is 0.600. The Morgan fingerprint density at radius 2 is 1.90 bits per heavy atom. The van der Waals surface area contributed by atoms with Crippen molar-refractivity contribution < 1.29 is 4.79 Å². The fourth-order valence-electron chi connectivity index (χ4n) is 2.68. The molecular weight excluding hydrogens is 274 g/mol. The number of carbonyl (C=O) groups excluding carboxylic acids is 1. The second-order valence-electron chi connectivity index (χ2n) is 5.58. The third-order valence-corrected chi connectivity index (χ3v) is 3.98. The first-order valence-electron chi connectivity index (χ1n) is 7.23. The lowest BCUT2D eigenvalue weighted by Gasteiger charge is -2.22. The van der Waals surface area contributed by atoms with E-state index in [1.807, 2.05) is 12.4 Å². The number of hydrogen-bond acceptors (Lipinski definition) is 3. The Bertz CT molecular complexity index is 436. The second kappa shape index (κ2) is 7.04. The topological polar surface area (TPSA) is 36.4 Å². The summed E-state index contributed by atoms with van der Waals surface area (Å²) in [6, 6.07) is 4.13. The van der Waals surface area contributed by atoms with Gasteiger partial charge in [0, 0.05) is 51.0 Å². The molecule has 4 nitrogen and oxygen atoms in total. The Kier molecular flexibility index (Phi) is 5.38. The first-order valence-corrected chi connectivity index (χ1v) is 7.23. The number of aromatic nitrogens is 1. The van der Waals surface area contributed by atoms with Gasteiger partial charge in [0.2, 0.25) is 5.91 Å². The molecule has 2 fully saturated rings. The Hall–Kier alpha value is -1.13. The van der Waals surface area contributed by atoms with Crippen LogP contribution in [0.25, 0.3) is 0 Å². The lowest BCUT2D eigenvalue weighted by atomic mass is 10.2. The molecule has 0 unspecified atom stereocenters. The van der Waals surface area contributed by atoms with E-state index in [4.69, 9.17) is 0 Å². The number of pyridine rings is 1. The van der Waals surface area contributed by atoms with Crippen molar-refractivity contribution in [2.24, 2.45) is 5.92 Å². The van der Waals surface area contributed by atoms with Crippen LogP contribution < -0.4 is 0 Å². The molecule has 5 heteroatoms. The molecule has 0 radical (unpaired) electrons. The van der Waals surface area contributed by atoms with E-state index < -0.39 is 0 Å². The molecule has 1 aromatic heterocycles. The second-order valence-corrected chi connectivity index (χ2v) is 5.58. The van der Waals surface area contributed by atoms with E-state index >= 15 is 0 Å². The minimum atomic E-state index is 0. The number of rotatable bonds is 3. The van der Waals surface area contributed by atoms with Gasteiger partial charge in [-0.25, -0.2) is 0 Å². The monoisotopic (exact) mass is 295 g/mol. The van der Waals surface area contributed by atoms with Crippen LogP contribution in [-0.4, -0.2) is 46.9 Å². The van der Waals surface area contributed by atoms with E-state index in [0.717, 1.165) is 52.0 Å². The zero-order valence-corrected chi connectivity index (χ0v) is 12.5. The molecule has 0 aromatic carbocycles. The molecule has 1 amide bonds. The molecule has 3 rings (SSSR count). The standard InChI is InChI=1S/C15H21N3O.ClH/c19-15(14-2-3-14)18-9-1-8-17(10-11-18)12-13-4-6-16-7-5-13;/h4-7,14H,1-3,8-12H2;1H. The highest BCUT2D eigenvalue weighted by molar-refractivity contribution is 5.85. The van der Waals surface area contributed by atoms with E-state index in [2.05, 4.69) is 26.9 Å². The molecule has 1 aliphatic heterocycles. The number of halogens is 1. The number of amides is 1. The molecule has 1 saturated carbocycles. The van der Waals surface area contributed by atoms with Crippen LogP contribution in [-0.2, 0) is 11.3 Å². The third-order valence-electron chi connectivity index (χ3n) is 3.98. The summed E-state index contributed by atoms with van der Waals surface area (Å²) >= 11 is 0. The van der Waals surface area contributed by atoms with Crippen molar-refractivity contribution >= 4 is 18.3 Å². The predicted octanol–water partition coefficient (Wildman–Crippen LogP) is 1.95. The van der Waals surface area contributed by atoms with Gasteiger partial charge in [-0.3, -0.25) is 14.7 Å². The largest absolute Gasteiger partial charge is 0.341 e. The van der Waals surface area contributed by atoms with Crippen LogP contribution in [0.1, 0.15) is 24.8 Å². The van der Waals surface area contributed by atoms with Gasteiger partial charge in [-0.1, -0.05) is 0 Å². The summed E-state index contributed by atoms with van der Waals surface area (Å²) in [6.45, 7) is 4.86. The van der Waals surface area contributed by atoms with E-state index in [9.17, 15) is 4.79 Å². The maximum absolute atomic E-state index is 12.1. The highest BCUT2D eigenvalue weighted by Crippen LogP contribution is 2.31. The van der Waals surface area contributed by atoms with E-state index in [-0.39, 0.29) is 12.4 Å². The predicted molar refractivity (Wildman–Crippen MR) is 80.7 cm³/mol. The summed E-state index contributed by atoms with van der Waals surface area (Å²) in [4.78, 5) is 20.6. The van der Waals surface area contributed by atoms with Crippen LogP contribution >= 0.6 is 12.4 Å². The van der Waals surface area contributed by atoms with Crippen molar-refractivity contribution in [2.75, 3.05) is 26.2 Å². The summed E-state index contributed by atoms with van der Waals surface area (Å²) in [6.07, 6.45) is 6.99. The fourth-order valence-corrected chi connectivity index (χ4v) is 2.68. The molecule has 1 saturated heterocycles. The van der Waals surface area contributed by atoms with Crippen LogP contribution in [0.5, 0.6) is 0 Å². The summed E-state index contributed by atoms with van der Waals surface area (Å²) in [5.74, 6) is 0.748. The maximum Gasteiger partial charge on any atom is 0.225 e. The van der Waals surface area contributed by atoms with Crippen LogP contribution in [0.3, 0.4) is 0 Å². The maximum atomic E-state index is 12.1. The Morgan fingerprint density at radius 3 is 2.60 bits per heavy atom. The third kappa shape index (κ3) is 3.93. The first-order chi connectivity index (χ1) is 9.33. The SMILES string of the molecule is Cl.O=C(C1CC1)N1CCCN(Cc2ccncc2)CC1. The molecule has 110 valence electrons. The molecule has 2 aliphatic rings. The van der Waals surface area contributed by atoms with Gasteiger partial charge in [-0.2, -0.15) is 0 Å². The van der Waals surface area contributed by atoms with Crippen molar-refractivity contribution in [1.82, 2.24) is 14.8 Å². The van der Waals surface area contributed by atoms with E-state index in [1.165, 1.54) is 5.56 Å². The Labute approximate surface area is 126 Å². The average Bonchev–Trinajstić information content (AvgIpc) is 3.27. The summed E-state index contributed by atoms with van der Waals surface area (Å²) < 4.78 is 0. The van der Waals surface area contributed by atoms with Crippen molar-refractivity contribution in [3.8, 4) is 0 Å². The Morgan fingerprint density at radius 1 is 1.15 bits per heavy atom. The molecule has 0 N–H and O–H groups in total. The molecule has 1 aromatic rings. The quantitative estimate of drug-likeness (QED) is 0.855. The van der Waals surface area contributed by atoms with Gasteiger partial charge < -0.3 is 4.90 Å². The van der Waals surface area contributed by atoms with Crippen molar-refractivity contribution in [1.29, 1.82) is 0 Å². The zero-order valence-electron chi connectivity index (χ0n) is 11.7. The summed E-state index contributed by atoms with van der Waals surface area (Å²) in [5.41, 5.74) is 1.30. The normalized spacial score (nSPS) is 20.1. The Balaban J connectivity index is 0.00000147. The first kappa shape index (κ1) is 15.3. The molecule has 1 aliphatic carbocycles. The minimum Gasteiger partial charge on any atom is -0.341 e. The lowest BCUT2D eigenvalue weighted by Crippen LogP contribution is -2.35. The minimum absolute atomic E-state index is 0. The van der Waals surface area contributed by atoms with Gasteiger partial charge in [0.05, 0.1) is 0 Å². The van der Waals surface area contributed by atoms with Gasteiger partial charge in [-0.15, -0.1) is 12.4 Å². The van der Waals surface area contributed by atoms with Gasteiger partial charge in [0.1, 0.15) is 0 Å². The molecule has 0 atom stereocenters. The van der Waals surface area contributed by atoms with Crippen molar-refractivity contribution in [2.45, 2.75) is 25.8 Å². The van der Waals surface area contributed by atoms with Crippen LogP contribution in [0.15, 0.2) is 24.5 Å². The molecular formula is C15H22ClN3O. The summed E-state index contributed by atoms with van der Waals surface area (Å²) in [7, 11) is 0. The van der Waals surface area contributed by atoms with Crippen LogP contribution in [0.2, 0.25) is 0 Å². The highest BCUT2D eigenvalue weighted by Gasteiger charge is 2.33. The van der Waals surface area contributed by atoms with Crippen molar-refractivity contribution in [3.05, 3.63) is 30.1 Å². The molecule has 20 heavy (non-hydrogen) atoms. The van der Waals surface area contributed by atoms with Gasteiger partial charge in [0.25, 0.3) is 0 Å². The van der Waals surface area contributed by atoms with E-state index in [1.54, 1.807) is 0 Å². The van der Waals surface area contributed by atoms with Crippen LogP contribution in [0.4, 0.5) is 0 Å². The van der Waals surface area contributed by atoms with Gasteiger partial charge >= 0.3 is 0 Å². The lowest BCUT2D eigenvalue weighted by molar-refractivity contribution is -0.132. The smallest absolute Gasteiger partial charge is 0.225 e.